The van der Waals surface area contributed by atoms with Gasteiger partial charge in [-0.2, -0.15) is 18.8 Å². The molecule has 5 N–H and O–H groups in total. The van der Waals surface area contributed by atoms with E-state index in [-0.39, 0.29) is 23.1 Å². The highest BCUT2D eigenvalue weighted by Crippen LogP contribution is 2.53. The van der Waals surface area contributed by atoms with Crippen LogP contribution in [0, 0.1) is 5.92 Å². The van der Waals surface area contributed by atoms with Crippen molar-refractivity contribution >= 4 is 17.1 Å². The molecule has 0 bridgehead atoms. The summed E-state index contributed by atoms with van der Waals surface area (Å²) in [7, 11) is 0. The quantitative estimate of drug-likeness (QED) is 0.0653. The number of nitrogens with one attached hydrogen (secondary N) is 3. The molecule has 270 valence electrons. The second-order valence-electron chi connectivity index (χ2n) is 14.7. The molecule has 0 spiro atoms. The summed E-state index contributed by atoms with van der Waals surface area (Å²) in [6.07, 6.45) is 5.18. The number of hydrogen-bond donors (Lipinski definition) is 5. The minimum Gasteiger partial charge on any atom is -0.432 e. The van der Waals surface area contributed by atoms with E-state index in [1.165, 1.54) is 0 Å². The van der Waals surface area contributed by atoms with Crippen LogP contribution in [-0.4, -0.2) is 78.5 Å². The number of hydroxylamine groups is 2. The van der Waals surface area contributed by atoms with E-state index in [0.29, 0.717) is 90.2 Å². The molecule has 2 aromatic heterocycles. The van der Waals surface area contributed by atoms with Gasteiger partial charge in [0, 0.05) is 35.8 Å². The minimum absolute atomic E-state index is 0.00702. The first-order valence-corrected chi connectivity index (χ1v) is 18.3. The van der Waals surface area contributed by atoms with Gasteiger partial charge in [0.25, 0.3) is 5.92 Å². The van der Waals surface area contributed by atoms with Crippen LogP contribution in [0.2, 0.25) is 0 Å². The topological polar surface area (TPSA) is 139 Å². The number of carboxylic acid groups (broad SMARTS) is 1. The number of imidazole rings is 2. The Labute approximate surface area is 299 Å². The van der Waals surface area contributed by atoms with Gasteiger partial charge >= 0.3 is 6.09 Å². The number of nitrogens with zero attached hydrogens (tertiary/aromatic N) is 4. The minimum atomic E-state index is -3.19. The van der Waals surface area contributed by atoms with E-state index in [1.54, 1.807) is 42.4 Å². The molecule has 13 heteroatoms. The Morgan fingerprint density at radius 2 is 1.65 bits per heavy atom. The van der Waals surface area contributed by atoms with Crippen molar-refractivity contribution < 1.29 is 33.4 Å². The van der Waals surface area contributed by atoms with Crippen LogP contribution in [0.15, 0.2) is 60.8 Å². The molecule has 4 atom stereocenters. The zero-order chi connectivity index (χ0) is 35.8. The Hall–Kier alpha value is -4.53. The fraction of sp³-hybridized carbons (Fsp3) is 0.410. The van der Waals surface area contributed by atoms with Crippen molar-refractivity contribution in [2.24, 2.45) is 5.92 Å². The molecule has 1 aliphatic carbocycles. The fourth-order valence-corrected chi connectivity index (χ4v) is 8.92. The van der Waals surface area contributed by atoms with Gasteiger partial charge in [-0.25, -0.2) is 9.97 Å². The van der Waals surface area contributed by atoms with Gasteiger partial charge in [0.05, 0.1) is 35.5 Å². The molecular formula is C39H42F2N7O4+. The zero-order valence-corrected chi connectivity index (χ0v) is 28.9. The van der Waals surface area contributed by atoms with Crippen LogP contribution in [-0.2, 0) is 10.7 Å². The van der Waals surface area contributed by atoms with Gasteiger partial charge in [0.2, 0.25) is 0 Å². The first kappa shape index (κ1) is 33.3. The van der Waals surface area contributed by atoms with Gasteiger partial charge in [-0.15, -0.1) is 5.01 Å². The van der Waals surface area contributed by atoms with Crippen LogP contribution >= 0.6 is 0 Å². The van der Waals surface area contributed by atoms with Crippen LogP contribution < -0.4 is 5.32 Å². The maximum absolute atomic E-state index is 16.2. The van der Waals surface area contributed by atoms with Crippen molar-refractivity contribution in [3.8, 4) is 33.5 Å². The molecular weight excluding hydrogens is 668 g/mol. The Morgan fingerprint density at radius 3 is 2.38 bits per heavy atom. The molecule has 0 radical (unpaired) electrons. The second-order valence-corrected chi connectivity index (χ2v) is 14.7. The van der Waals surface area contributed by atoms with Crippen LogP contribution in [0.5, 0.6) is 0 Å². The van der Waals surface area contributed by atoms with Crippen molar-refractivity contribution in [2.75, 3.05) is 26.3 Å². The molecule has 4 aliphatic rings. The number of carbonyl (C=O) groups is 1. The average molecular weight is 711 g/mol. The van der Waals surface area contributed by atoms with Crippen molar-refractivity contribution in [1.82, 2.24) is 30.3 Å². The Bertz CT molecular complexity index is 2170. The Morgan fingerprint density at radius 1 is 0.942 bits per heavy atom. The van der Waals surface area contributed by atoms with Gasteiger partial charge in [-0.3, -0.25) is 0 Å². The average Bonchev–Trinajstić information content (AvgIpc) is 4.01. The number of alkyl halides is 2. The SMILES string of the molecule is CC(C1CCOCC1)[N+](O)(C(=O)O)N1CCCC1c1nc2ccc(-c3ccc4c(c3)C(F)(F)c3cc(-c5cnc(C6CCCN6)[nH]5)ccc3-4)cc2[nH]1. The van der Waals surface area contributed by atoms with E-state index >= 15 is 8.78 Å². The number of fused-ring (bicyclic) bond motifs is 4. The molecule has 0 saturated carbocycles. The molecule has 3 aliphatic heterocycles. The largest absolute Gasteiger partial charge is 0.568 e. The van der Waals surface area contributed by atoms with Crippen LogP contribution in [0.4, 0.5) is 13.6 Å². The van der Waals surface area contributed by atoms with E-state index in [9.17, 15) is 15.1 Å². The second kappa shape index (κ2) is 12.6. The molecule has 9 rings (SSSR count). The smallest absolute Gasteiger partial charge is 0.432 e. The predicted octanol–water partition coefficient (Wildman–Crippen LogP) is 7.92. The summed E-state index contributed by atoms with van der Waals surface area (Å²) in [5.74, 6) is -1.80. The molecule has 4 unspecified atom stereocenters. The van der Waals surface area contributed by atoms with Gasteiger partial charge in [0.1, 0.15) is 17.7 Å². The summed E-state index contributed by atoms with van der Waals surface area (Å²) < 4.78 is 36.8. The lowest BCUT2D eigenvalue weighted by Gasteiger charge is -2.42. The summed E-state index contributed by atoms with van der Waals surface area (Å²) in [4.78, 5) is 28.8. The molecule has 52 heavy (non-hydrogen) atoms. The maximum Gasteiger partial charge on any atom is 0.568 e. The first-order chi connectivity index (χ1) is 25.1. The van der Waals surface area contributed by atoms with Crippen molar-refractivity contribution in [2.45, 2.75) is 69.5 Å². The molecule has 5 heterocycles. The summed E-state index contributed by atoms with van der Waals surface area (Å²) in [6.45, 7) is 4.23. The van der Waals surface area contributed by atoms with Crippen LogP contribution in [0.25, 0.3) is 44.5 Å². The lowest BCUT2D eigenvalue weighted by Crippen LogP contribution is -2.67. The van der Waals surface area contributed by atoms with Crippen molar-refractivity contribution in [1.29, 1.82) is 0 Å². The van der Waals surface area contributed by atoms with E-state index in [2.05, 4.69) is 20.3 Å². The number of quaternary nitrogens is 1. The van der Waals surface area contributed by atoms with Gasteiger partial charge in [-0.05, 0) is 103 Å². The normalized spacial score (nSPS) is 23.5. The number of aromatic amines is 2. The molecule has 3 aromatic carbocycles. The molecule has 5 aromatic rings. The molecule has 3 fully saturated rings. The monoisotopic (exact) mass is 710 g/mol. The van der Waals surface area contributed by atoms with Gasteiger partial charge < -0.3 is 25.1 Å². The summed E-state index contributed by atoms with van der Waals surface area (Å²) in [5, 5.41) is 27.3. The zero-order valence-electron chi connectivity index (χ0n) is 28.9. The van der Waals surface area contributed by atoms with Crippen molar-refractivity contribution in [3.63, 3.8) is 0 Å². The van der Waals surface area contributed by atoms with Gasteiger partial charge in [-0.1, -0.05) is 30.3 Å². The Kier molecular flexibility index (Phi) is 8.05. The first-order valence-electron chi connectivity index (χ1n) is 18.3. The number of benzene rings is 3. The number of halogens is 2. The third kappa shape index (κ3) is 5.28. The van der Waals surface area contributed by atoms with E-state index in [4.69, 9.17) is 9.72 Å². The standard InChI is InChI=1S/C39H41F2N7O4/c1-22(23-12-16-52-17-13-23)48(51,38(49)50)47-15-3-5-35(47)37-44-31-11-8-25(20-33(31)45-37)24-6-9-27-28-10-7-26(19-30(28)39(40,41)29(27)18-24)34-21-43-36(46-34)32-4-2-14-42-32/h6-11,18-23,32,35,42,51H,2-5,12-17H2,1H3,(H2-,43,44,45,46,49,50)/p+1. The summed E-state index contributed by atoms with van der Waals surface area (Å²) in [5.41, 5.74) is 5.14. The maximum atomic E-state index is 16.2. The van der Waals surface area contributed by atoms with Gasteiger partial charge in [0.15, 0.2) is 6.04 Å². The van der Waals surface area contributed by atoms with Crippen molar-refractivity contribution in [3.05, 3.63) is 83.6 Å². The fourth-order valence-electron chi connectivity index (χ4n) is 8.92. The third-order valence-corrected chi connectivity index (χ3v) is 11.9. The Balaban J connectivity index is 0.993. The lowest BCUT2D eigenvalue weighted by molar-refractivity contribution is -1.15. The van der Waals surface area contributed by atoms with E-state index in [1.807, 2.05) is 30.3 Å². The third-order valence-electron chi connectivity index (χ3n) is 11.9. The van der Waals surface area contributed by atoms with E-state index < -0.39 is 28.9 Å². The number of rotatable bonds is 7. The number of amides is 1. The number of H-pyrrole nitrogens is 2. The number of hydrogen-bond acceptors (Lipinski definition) is 7. The molecule has 11 nitrogen and oxygen atoms in total. The highest BCUT2D eigenvalue weighted by molar-refractivity contribution is 5.87. The summed E-state index contributed by atoms with van der Waals surface area (Å²) in [6, 6.07) is 15.2. The van der Waals surface area contributed by atoms with E-state index in [0.717, 1.165) is 30.8 Å². The number of aromatic nitrogens is 4. The summed E-state index contributed by atoms with van der Waals surface area (Å²) >= 11 is 0. The lowest BCUT2D eigenvalue weighted by atomic mass is 9.92. The molecule has 1 amide bonds. The number of ether oxygens (including phenoxy) is 1. The predicted molar refractivity (Wildman–Crippen MR) is 189 cm³/mol. The highest BCUT2D eigenvalue weighted by Gasteiger charge is 2.56. The van der Waals surface area contributed by atoms with Crippen LogP contribution in [0.1, 0.15) is 80.3 Å². The highest BCUT2D eigenvalue weighted by atomic mass is 19.3. The molecule has 3 saturated heterocycles. The van der Waals surface area contributed by atoms with Crippen LogP contribution in [0.3, 0.4) is 0 Å².